The molecule has 3 heterocycles. The Bertz CT molecular complexity index is 882. The lowest BCUT2D eigenvalue weighted by atomic mass is 9.91. The van der Waals surface area contributed by atoms with Crippen LogP contribution < -0.4 is 14.8 Å². The first-order valence-corrected chi connectivity index (χ1v) is 8.70. The Labute approximate surface area is 147 Å². The maximum absolute atomic E-state index is 5.41. The Balaban J connectivity index is 1.69. The first-order chi connectivity index (χ1) is 12.3. The smallest absolute Gasteiger partial charge is 0.161 e. The largest absolute Gasteiger partial charge is 0.493 e. The van der Waals surface area contributed by atoms with E-state index in [0.29, 0.717) is 11.7 Å². The van der Waals surface area contributed by atoms with Crippen LogP contribution in [0.15, 0.2) is 42.7 Å². The molecule has 0 amide bonds. The van der Waals surface area contributed by atoms with Crippen molar-refractivity contribution in [1.82, 2.24) is 14.7 Å². The van der Waals surface area contributed by atoms with Crippen LogP contribution in [-0.2, 0) is 0 Å². The zero-order chi connectivity index (χ0) is 17.2. The minimum absolute atomic E-state index is 0.637. The highest BCUT2D eigenvalue weighted by molar-refractivity contribution is 5.66. The van der Waals surface area contributed by atoms with Crippen LogP contribution in [0, 0.1) is 0 Å². The Morgan fingerprint density at radius 2 is 1.80 bits per heavy atom. The van der Waals surface area contributed by atoms with Crippen molar-refractivity contribution in [3.05, 3.63) is 48.3 Å². The van der Waals surface area contributed by atoms with Gasteiger partial charge in [0.15, 0.2) is 11.5 Å². The summed E-state index contributed by atoms with van der Waals surface area (Å²) in [7, 11) is 3.29. The third-order valence-corrected chi connectivity index (χ3v) is 4.96. The molecule has 25 heavy (non-hydrogen) atoms. The molecule has 1 saturated heterocycles. The Kier molecular flexibility index (Phi) is 4.32. The van der Waals surface area contributed by atoms with E-state index in [0.717, 1.165) is 35.7 Å². The maximum atomic E-state index is 5.41. The lowest BCUT2D eigenvalue weighted by molar-refractivity contribution is 0.355. The Hall–Kier alpha value is -2.53. The van der Waals surface area contributed by atoms with Gasteiger partial charge in [-0.15, -0.1) is 0 Å². The van der Waals surface area contributed by atoms with Gasteiger partial charge in [-0.1, -0.05) is 6.07 Å². The van der Waals surface area contributed by atoms with Gasteiger partial charge in [0.2, 0.25) is 0 Å². The van der Waals surface area contributed by atoms with E-state index in [1.54, 1.807) is 14.2 Å². The third kappa shape index (κ3) is 3.07. The van der Waals surface area contributed by atoms with Crippen LogP contribution in [0.5, 0.6) is 11.5 Å². The average molecular weight is 337 g/mol. The predicted octanol–water partition coefficient (Wildman–Crippen LogP) is 3.49. The molecule has 0 atom stereocenters. The maximum Gasteiger partial charge on any atom is 0.161 e. The number of hydrogen-bond donors (Lipinski definition) is 1. The van der Waals surface area contributed by atoms with Gasteiger partial charge in [-0.2, -0.15) is 0 Å². The number of imidazole rings is 1. The van der Waals surface area contributed by atoms with Crippen LogP contribution in [0.25, 0.3) is 16.9 Å². The number of ether oxygens (including phenoxy) is 2. The van der Waals surface area contributed by atoms with Gasteiger partial charge in [0.25, 0.3) is 0 Å². The number of nitrogens with zero attached hydrogens (tertiary/aromatic N) is 2. The second-order valence-electron chi connectivity index (χ2n) is 6.45. The lowest BCUT2D eigenvalue weighted by Crippen LogP contribution is -2.26. The molecule has 3 aromatic rings. The van der Waals surface area contributed by atoms with E-state index in [4.69, 9.17) is 14.5 Å². The second kappa shape index (κ2) is 6.76. The van der Waals surface area contributed by atoms with Crippen molar-refractivity contribution in [2.45, 2.75) is 18.8 Å². The van der Waals surface area contributed by atoms with Crippen molar-refractivity contribution in [2.75, 3.05) is 27.3 Å². The highest BCUT2D eigenvalue weighted by atomic mass is 16.5. The van der Waals surface area contributed by atoms with Gasteiger partial charge < -0.3 is 19.2 Å². The molecule has 1 N–H and O–H groups in total. The normalized spacial score (nSPS) is 15.4. The summed E-state index contributed by atoms with van der Waals surface area (Å²) >= 11 is 0. The molecule has 0 bridgehead atoms. The summed E-state index contributed by atoms with van der Waals surface area (Å²) in [5.41, 5.74) is 4.31. The van der Waals surface area contributed by atoms with Gasteiger partial charge in [0, 0.05) is 18.0 Å². The summed E-state index contributed by atoms with van der Waals surface area (Å²) in [6.07, 6.45) is 6.70. The molecule has 2 aromatic heterocycles. The second-order valence-corrected chi connectivity index (χ2v) is 6.45. The molecule has 5 heteroatoms. The van der Waals surface area contributed by atoms with Crippen LogP contribution in [0.4, 0.5) is 0 Å². The number of fused-ring (bicyclic) bond motifs is 1. The number of piperidine rings is 1. The van der Waals surface area contributed by atoms with Crippen molar-refractivity contribution in [3.63, 3.8) is 0 Å². The van der Waals surface area contributed by atoms with E-state index < -0.39 is 0 Å². The highest BCUT2D eigenvalue weighted by Crippen LogP contribution is 2.32. The standard InChI is InChI=1S/C20H23N3O2/c1-24-18-5-3-15(11-19(18)25-2)17-13-23-12-16(4-6-20(23)22-17)14-7-9-21-10-8-14/h3-6,11-14,21H,7-10H2,1-2H3. The number of pyridine rings is 1. The number of methoxy groups -OCH3 is 2. The monoisotopic (exact) mass is 337 g/mol. The van der Waals surface area contributed by atoms with Crippen molar-refractivity contribution in [2.24, 2.45) is 0 Å². The molecule has 1 aliphatic heterocycles. The van der Waals surface area contributed by atoms with Crippen LogP contribution in [-0.4, -0.2) is 36.7 Å². The van der Waals surface area contributed by atoms with E-state index in [1.807, 2.05) is 18.2 Å². The summed E-state index contributed by atoms with van der Waals surface area (Å²) in [5.74, 6) is 2.08. The van der Waals surface area contributed by atoms with Gasteiger partial charge in [0.05, 0.1) is 19.9 Å². The fourth-order valence-electron chi connectivity index (χ4n) is 3.54. The van der Waals surface area contributed by atoms with E-state index in [9.17, 15) is 0 Å². The minimum atomic E-state index is 0.637. The number of nitrogens with one attached hydrogen (secondary N) is 1. The van der Waals surface area contributed by atoms with Gasteiger partial charge in [0.1, 0.15) is 5.65 Å². The first kappa shape index (κ1) is 16.0. The number of benzene rings is 1. The molecule has 0 saturated carbocycles. The topological polar surface area (TPSA) is 47.8 Å². The Morgan fingerprint density at radius 1 is 1.00 bits per heavy atom. The SMILES string of the molecule is COc1ccc(-c2cn3cc(C4CCNCC4)ccc3n2)cc1OC. The van der Waals surface area contributed by atoms with Crippen molar-refractivity contribution < 1.29 is 9.47 Å². The molecule has 1 fully saturated rings. The summed E-state index contributed by atoms with van der Waals surface area (Å²) in [5, 5.41) is 3.43. The summed E-state index contributed by atoms with van der Waals surface area (Å²) in [4.78, 5) is 4.75. The minimum Gasteiger partial charge on any atom is -0.493 e. The van der Waals surface area contributed by atoms with Gasteiger partial charge in [-0.3, -0.25) is 0 Å². The molecule has 1 aliphatic rings. The summed E-state index contributed by atoms with van der Waals surface area (Å²) < 4.78 is 12.8. The lowest BCUT2D eigenvalue weighted by Gasteiger charge is -2.22. The number of aromatic nitrogens is 2. The molecule has 0 spiro atoms. The van der Waals surface area contributed by atoms with E-state index in [-0.39, 0.29) is 0 Å². The highest BCUT2D eigenvalue weighted by Gasteiger charge is 2.16. The van der Waals surface area contributed by atoms with Crippen LogP contribution in [0.1, 0.15) is 24.3 Å². The average Bonchev–Trinajstić information content (AvgIpc) is 3.11. The van der Waals surface area contributed by atoms with E-state index in [1.165, 1.54) is 18.4 Å². The van der Waals surface area contributed by atoms with Gasteiger partial charge >= 0.3 is 0 Å². The zero-order valence-electron chi connectivity index (χ0n) is 14.7. The number of hydrogen-bond acceptors (Lipinski definition) is 4. The molecule has 0 unspecified atom stereocenters. The molecular weight excluding hydrogens is 314 g/mol. The molecular formula is C20H23N3O2. The molecule has 4 rings (SSSR count). The van der Waals surface area contributed by atoms with Crippen LogP contribution in [0.2, 0.25) is 0 Å². The van der Waals surface area contributed by atoms with E-state index in [2.05, 4.69) is 34.2 Å². The summed E-state index contributed by atoms with van der Waals surface area (Å²) in [6.45, 7) is 2.20. The molecule has 130 valence electrons. The van der Waals surface area contributed by atoms with Crippen molar-refractivity contribution in [3.8, 4) is 22.8 Å². The quantitative estimate of drug-likeness (QED) is 0.792. The number of rotatable bonds is 4. The van der Waals surface area contributed by atoms with Crippen molar-refractivity contribution >= 4 is 5.65 Å². The summed E-state index contributed by atoms with van der Waals surface area (Å²) in [6, 6.07) is 10.2. The van der Waals surface area contributed by atoms with Crippen molar-refractivity contribution in [1.29, 1.82) is 0 Å². The zero-order valence-corrected chi connectivity index (χ0v) is 14.7. The molecule has 0 aliphatic carbocycles. The van der Waals surface area contributed by atoms with E-state index >= 15 is 0 Å². The van der Waals surface area contributed by atoms with Gasteiger partial charge in [-0.25, -0.2) is 4.98 Å². The Morgan fingerprint density at radius 3 is 2.56 bits per heavy atom. The molecule has 0 radical (unpaired) electrons. The van der Waals surface area contributed by atoms with Gasteiger partial charge in [-0.05, 0) is 61.7 Å². The van der Waals surface area contributed by atoms with Crippen LogP contribution in [0.3, 0.4) is 0 Å². The predicted molar refractivity (Wildman–Crippen MR) is 98.6 cm³/mol. The molecule has 1 aromatic carbocycles. The first-order valence-electron chi connectivity index (χ1n) is 8.70. The fraction of sp³-hybridized carbons (Fsp3) is 0.350. The molecule has 5 nitrogen and oxygen atoms in total. The third-order valence-electron chi connectivity index (χ3n) is 4.96. The van der Waals surface area contributed by atoms with Crippen LogP contribution >= 0.6 is 0 Å². The fourth-order valence-corrected chi connectivity index (χ4v) is 3.54.